The molecule has 4 heteroatoms. The van der Waals surface area contributed by atoms with Gasteiger partial charge in [-0.2, -0.15) is 0 Å². The Balaban J connectivity index is 2.04. The maximum atomic E-state index is 5.78. The second-order valence-corrected chi connectivity index (χ2v) is 5.11. The van der Waals surface area contributed by atoms with Gasteiger partial charge >= 0.3 is 0 Å². The lowest BCUT2D eigenvalue weighted by atomic mass is 10.2. The Kier molecular flexibility index (Phi) is 3.43. The van der Waals surface area contributed by atoms with Crippen LogP contribution in [-0.4, -0.2) is 4.98 Å². The Labute approximate surface area is 105 Å². The molecule has 2 N–H and O–H groups in total. The third-order valence-corrected chi connectivity index (χ3v) is 3.65. The Bertz CT molecular complexity index is 515. The van der Waals surface area contributed by atoms with Crippen molar-refractivity contribution in [3.63, 3.8) is 0 Å². The zero-order valence-electron chi connectivity index (χ0n) is 10.3. The summed E-state index contributed by atoms with van der Waals surface area (Å²) in [5, 5.41) is 0. The minimum Gasteiger partial charge on any atom is -0.445 e. The molecule has 3 nitrogen and oxygen atoms in total. The lowest BCUT2D eigenvalue weighted by Crippen LogP contribution is -1.89. The van der Waals surface area contributed by atoms with Crippen LogP contribution in [0.15, 0.2) is 27.5 Å². The summed E-state index contributed by atoms with van der Waals surface area (Å²) in [5.41, 5.74) is 8.68. The number of nitrogens with two attached hydrogens (primary N) is 1. The van der Waals surface area contributed by atoms with Gasteiger partial charge in [-0.15, -0.1) is 11.8 Å². The zero-order chi connectivity index (χ0) is 12.4. The monoisotopic (exact) mass is 248 g/mol. The van der Waals surface area contributed by atoms with Gasteiger partial charge in [-0.05, 0) is 44.5 Å². The highest BCUT2D eigenvalue weighted by Gasteiger charge is 2.06. The number of anilines is 1. The van der Waals surface area contributed by atoms with E-state index in [0.717, 1.165) is 34.3 Å². The lowest BCUT2D eigenvalue weighted by molar-refractivity contribution is 0.489. The van der Waals surface area contributed by atoms with Crippen molar-refractivity contribution < 1.29 is 4.42 Å². The highest BCUT2D eigenvalue weighted by Crippen LogP contribution is 2.26. The van der Waals surface area contributed by atoms with Crippen molar-refractivity contribution in [3.8, 4) is 0 Å². The molecule has 0 aliphatic carbocycles. The number of hydrogen-bond acceptors (Lipinski definition) is 4. The van der Waals surface area contributed by atoms with Crippen molar-refractivity contribution in [2.75, 3.05) is 5.73 Å². The summed E-state index contributed by atoms with van der Waals surface area (Å²) in [6.45, 7) is 5.91. The number of aromatic nitrogens is 1. The first-order valence-electron chi connectivity index (χ1n) is 5.48. The first kappa shape index (κ1) is 12.0. The van der Waals surface area contributed by atoms with Crippen molar-refractivity contribution in [2.24, 2.45) is 0 Å². The lowest BCUT2D eigenvalue weighted by Gasteiger charge is -2.03. The van der Waals surface area contributed by atoms with E-state index in [-0.39, 0.29) is 0 Å². The summed E-state index contributed by atoms with van der Waals surface area (Å²) in [6, 6.07) is 6.04. The van der Waals surface area contributed by atoms with E-state index in [1.165, 1.54) is 4.90 Å². The Morgan fingerprint density at radius 1 is 1.29 bits per heavy atom. The van der Waals surface area contributed by atoms with E-state index in [0.29, 0.717) is 0 Å². The molecule has 0 radical (unpaired) electrons. The predicted octanol–water partition coefficient (Wildman–Crippen LogP) is 3.47. The van der Waals surface area contributed by atoms with Gasteiger partial charge in [-0.1, -0.05) is 0 Å². The molecule has 0 fully saturated rings. The molecule has 1 aromatic carbocycles. The second-order valence-electron chi connectivity index (χ2n) is 4.06. The molecule has 0 spiro atoms. The Hall–Kier alpha value is -1.42. The summed E-state index contributed by atoms with van der Waals surface area (Å²) in [6.07, 6.45) is 0. The molecule has 0 bridgehead atoms. The van der Waals surface area contributed by atoms with Gasteiger partial charge in [0.15, 0.2) is 0 Å². The van der Waals surface area contributed by atoms with E-state index >= 15 is 0 Å². The third-order valence-electron chi connectivity index (χ3n) is 2.68. The van der Waals surface area contributed by atoms with Gasteiger partial charge < -0.3 is 10.2 Å². The van der Waals surface area contributed by atoms with Gasteiger partial charge in [0.1, 0.15) is 5.76 Å². The smallest absolute Gasteiger partial charge is 0.204 e. The van der Waals surface area contributed by atoms with Crippen LogP contribution in [-0.2, 0) is 5.75 Å². The zero-order valence-corrected chi connectivity index (χ0v) is 11.1. The third kappa shape index (κ3) is 2.82. The number of oxazole rings is 1. The fraction of sp³-hybridized carbons (Fsp3) is 0.308. The molecule has 0 aliphatic rings. The van der Waals surface area contributed by atoms with E-state index < -0.39 is 0 Å². The number of aryl methyl sites for hydroxylation is 3. The maximum absolute atomic E-state index is 5.78. The molecule has 1 aromatic heterocycles. The van der Waals surface area contributed by atoms with Crippen LogP contribution in [0.3, 0.4) is 0 Å². The predicted molar refractivity (Wildman–Crippen MR) is 71.1 cm³/mol. The first-order valence-corrected chi connectivity index (χ1v) is 6.46. The van der Waals surface area contributed by atoms with E-state index in [1.54, 1.807) is 11.8 Å². The van der Waals surface area contributed by atoms with Gasteiger partial charge in [0.25, 0.3) is 0 Å². The average molecular weight is 248 g/mol. The van der Waals surface area contributed by atoms with Crippen molar-refractivity contribution >= 4 is 17.4 Å². The van der Waals surface area contributed by atoms with Crippen LogP contribution in [0.5, 0.6) is 0 Å². The molecule has 0 atom stereocenters. The van der Waals surface area contributed by atoms with Crippen LogP contribution < -0.4 is 5.73 Å². The summed E-state index contributed by atoms with van der Waals surface area (Å²) < 4.78 is 5.53. The number of benzene rings is 1. The van der Waals surface area contributed by atoms with Crippen molar-refractivity contribution in [3.05, 3.63) is 41.1 Å². The molecule has 0 saturated heterocycles. The molecule has 90 valence electrons. The van der Waals surface area contributed by atoms with E-state index in [4.69, 9.17) is 10.2 Å². The number of nitrogens with zero attached hydrogens (tertiary/aromatic N) is 1. The summed E-state index contributed by atoms with van der Waals surface area (Å²) in [5.74, 6) is 2.42. The largest absolute Gasteiger partial charge is 0.445 e. The van der Waals surface area contributed by atoms with Crippen molar-refractivity contribution in [1.29, 1.82) is 0 Å². The number of rotatable bonds is 3. The fourth-order valence-corrected chi connectivity index (χ4v) is 2.32. The number of nitrogen functional groups attached to an aromatic ring is 1. The molecule has 2 aromatic rings. The Morgan fingerprint density at radius 3 is 2.65 bits per heavy atom. The molecule has 17 heavy (non-hydrogen) atoms. The topological polar surface area (TPSA) is 52.0 Å². The quantitative estimate of drug-likeness (QED) is 0.667. The van der Waals surface area contributed by atoms with Gasteiger partial charge in [0.05, 0.1) is 11.4 Å². The van der Waals surface area contributed by atoms with Crippen LogP contribution in [0.25, 0.3) is 0 Å². The molecular formula is C13H16N2OS. The molecule has 0 amide bonds. The van der Waals surface area contributed by atoms with E-state index in [9.17, 15) is 0 Å². The molecule has 0 unspecified atom stereocenters. The van der Waals surface area contributed by atoms with Gasteiger partial charge in [0.2, 0.25) is 5.89 Å². The fourth-order valence-electron chi connectivity index (χ4n) is 1.48. The molecular weight excluding hydrogens is 232 g/mol. The van der Waals surface area contributed by atoms with Crippen LogP contribution in [0.1, 0.15) is 22.9 Å². The average Bonchev–Trinajstić information content (AvgIpc) is 2.60. The van der Waals surface area contributed by atoms with E-state index in [1.807, 2.05) is 32.9 Å². The summed E-state index contributed by atoms with van der Waals surface area (Å²) in [7, 11) is 0. The van der Waals surface area contributed by atoms with Crippen molar-refractivity contribution in [2.45, 2.75) is 31.4 Å². The maximum Gasteiger partial charge on any atom is 0.204 e. The molecule has 1 heterocycles. The van der Waals surface area contributed by atoms with E-state index in [2.05, 4.69) is 11.1 Å². The van der Waals surface area contributed by atoms with Gasteiger partial charge in [0, 0.05) is 10.6 Å². The first-order chi connectivity index (χ1) is 8.06. The summed E-state index contributed by atoms with van der Waals surface area (Å²) >= 11 is 1.71. The standard InChI is InChI=1S/C13H16N2OS/c1-8-6-11(4-5-12(8)14)17-7-13-15-9(2)10(3)16-13/h4-6H,7,14H2,1-3H3. The van der Waals surface area contributed by atoms with Crippen LogP contribution >= 0.6 is 11.8 Å². The normalized spacial score (nSPS) is 10.8. The minimum absolute atomic E-state index is 0.748. The van der Waals surface area contributed by atoms with Crippen LogP contribution in [0, 0.1) is 20.8 Å². The molecule has 2 rings (SSSR count). The molecule has 0 saturated carbocycles. The van der Waals surface area contributed by atoms with Crippen molar-refractivity contribution in [1.82, 2.24) is 4.98 Å². The van der Waals surface area contributed by atoms with Gasteiger partial charge in [-0.3, -0.25) is 0 Å². The summed E-state index contributed by atoms with van der Waals surface area (Å²) in [4.78, 5) is 5.54. The second kappa shape index (κ2) is 4.84. The number of hydrogen-bond donors (Lipinski definition) is 1. The number of thioether (sulfide) groups is 1. The van der Waals surface area contributed by atoms with Crippen LogP contribution in [0.2, 0.25) is 0 Å². The van der Waals surface area contributed by atoms with Crippen LogP contribution in [0.4, 0.5) is 5.69 Å². The molecule has 0 aliphatic heterocycles. The Morgan fingerprint density at radius 2 is 2.06 bits per heavy atom. The SMILES string of the molecule is Cc1cc(SCc2nc(C)c(C)o2)ccc1N. The highest BCUT2D eigenvalue weighted by atomic mass is 32.2. The highest BCUT2D eigenvalue weighted by molar-refractivity contribution is 7.98. The minimum atomic E-state index is 0.748. The van der Waals surface area contributed by atoms with Gasteiger partial charge in [-0.25, -0.2) is 4.98 Å².